The molecule has 1 aromatic heterocycles. The molecule has 0 radical (unpaired) electrons. The Morgan fingerprint density at radius 2 is 1.94 bits per heavy atom. The molecule has 2 aromatic rings. The summed E-state index contributed by atoms with van der Waals surface area (Å²) in [6, 6.07) is 2.84. The van der Waals surface area contributed by atoms with Crippen molar-refractivity contribution in [3.63, 3.8) is 0 Å². The second kappa shape index (κ2) is 9.50. The third-order valence-corrected chi connectivity index (χ3v) is 8.39. The number of benzene rings is 1. The molecule has 1 aromatic carbocycles. The summed E-state index contributed by atoms with van der Waals surface area (Å²) in [6.07, 6.45) is 1.36. The Morgan fingerprint density at radius 1 is 1.26 bits per heavy atom. The predicted octanol–water partition coefficient (Wildman–Crippen LogP) is 2.35. The average molecular weight is 565 g/mol. The number of carboxylic acids is 1. The van der Waals surface area contributed by atoms with Crippen LogP contribution in [0.5, 0.6) is 0 Å². The van der Waals surface area contributed by atoms with Crippen LogP contribution >= 0.6 is 54.0 Å². The van der Waals surface area contributed by atoms with E-state index in [1.807, 2.05) is 5.09 Å². The molecule has 11 nitrogen and oxygen atoms in total. The molecule has 16 heteroatoms. The Morgan fingerprint density at radius 3 is 2.56 bits per heavy atom. The van der Waals surface area contributed by atoms with Gasteiger partial charge >= 0.3 is 13.7 Å². The molecule has 5 N–H and O–H groups in total. The molecule has 3 unspecified atom stereocenters. The highest BCUT2D eigenvalue weighted by molar-refractivity contribution is 8.00. The first-order chi connectivity index (χ1) is 16.0. The van der Waals surface area contributed by atoms with E-state index in [0.717, 1.165) is 11.3 Å². The van der Waals surface area contributed by atoms with Crippen molar-refractivity contribution in [2.45, 2.75) is 17.5 Å². The number of thiazole rings is 1. The summed E-state index contributed by atoms with van der Waals surface area (Å²) < 4.78 is 11.2. The quantitative estimate of drug-likeness (QED) is 0.191. The Kier molecular flexibility index (Phi) is 6.98. The molecule has 2 fully saturated rings. The van der Waals surface area contributed by atoms with Gasteiger partial charge < -0.3 is 25.1 Å². The maximum Gasteiger partial charge on any atom is 0.429 e. The first kappa shape index (κ1) is 25.0. The summed E-state index contributed by atoms with van der Waals surface area (Å²) in [5.41, 5.74) is 0.297. The van der Waals surface area contributed by atoms with Crippen molar-refractivity contribution in [3.8, 4) is 0 Å². The maximum atomic E-state index is 13.2. The van der Waals surface area contributed by atoms with E-state index in [-0.39, 0.29) is 32.2 Å². The normalized spacial score (nSPS) is 22.2. The second-order valence-electron chi connectivity index (χ2n) is 7.16. The van der Waals surface area contributed by atoms with Gasteiger partial charge in [-0.05, 0) is 18.2 Å². The van der Waals surface area contributed by atoms with Gasteiger partial charge in [0.05, 0.1) is 11.3 Å². The molecule has 0 spiro atoms. The first-order valence-electron chi connectivity index (χ1n) is 9.39. The van der Waals surface area contributed by atoms with Crippen LogP contribution in [0.3, 0.4) is 0 Å². The van der Waals surface area contributed by atoms with Crippen molar-refractivity contribution < 1.29 is 33.8 Å². The smallest absolute Gasteiger partial charge is 0.429 e. The Labute approximate surface area is 210 Å². The molecule has 4 rings (SSSR count). The van der Waals surface area contributed by atoms with E-state index in [1.54, 1.807) is 18.2 Å². The highest BCUT2D eigenvalue weighted by atomic mass is 35.5. The van der Waals surface area contributed by atoms with E-state index in [2.05, 4.69) is 10.3 Å². The number of rotatable bonds is 7. The van der Waals surface area contributed by atoms with Crippen molar-refractivity contribution in [2.75, 3.05) is 10.8 Å². The molecule has 2 aliphatic heterocycles. The lowest BCUT2D eigenvalue weighted by Gasteiger charge is -2.43. The van der Waals surface area contributed by atoms with Crippen LogP contribution < -0.4 is 10.4 Å². The number of β-lactam (4-membered cyclic amide) rings is 1. The van der Waals surface area contributed by atoms with E-state index in [9.17, 15) is 24.1 Å². The van der Waals surface area contributed by atoms with Crippen LogP contribution in [0.4, 0.5) is 5.13 Å². The van der Waals surface area contributed by atoms with Gasteiger partial charge in [0.25, 0.3) is 5.91 Å². The number of anilines is 1. The number of hydrogen-bond donors (Lipinski definition) is 5. The third-order valence-electron chi connectivity index (χ3n) is 4.97. The Balaban J connectivity index is 1.65. The lowest BCUT2D eigenvalue weighted by molar-refractivity contribution is -0.158. The van der Waals surface area contributed by atoms with E-state index in [1.165, 1.54) is 28.1 Å². The van der Waals surface area contributed by atoms with Crippen molar-refractivity contribution in [1.82, 2.24) is 15.2 Å². The number of halogens is 2. The van der Waals surface area contributed by atoms with E-state index in [4.69, 9.17) is 33.0 Å². The van der Waals surface area contributed by atoms with Crippen LogP contribution in [0, 0.1) is 0 Å². The number of amides is 2. The van der Waals surface area contributed by atoms with Crippen molar-refractivity contribution in [2.24, 2.45) is 0 Å². The summed E-state index contributed by atoms with van der Waals surface area (Å²) >= 11 is 14.6. The third kappa shape index (κ3) is 4.96. The first-order valence-corrected chi connectivity index (χ1v) is 13.7. The number of carboxylic acid groups (broad SMARTS) is 1. The number of thioether (sulfide) groups is 1. The summed E-state index contributed by atoms with van der Waals surface area (Å²) in [5, 5.41) is 15.0. The second-order valence-corrected chi connectivity index (χ2v) is 11.3. The number of fused-ring (bicyclic) bond motifs is 1. The van der Waals surface area contributed by atoms with E-state index in [0.29, 0.717) is 5.56 Å². The van der Waals surface area contributed by atoms with Gasteiger partial charge in [-0.1, -0.05) is 29.3 Å². The summed E-state index contributed by atoms with van der Waals surface area (Å²) in [5.74, 6) is -2.15. The van der Waals surface area contributed by atoms with Crippen molar-refractivity contribution in [3.05, 3.63) is 44.9 Å². The largest absolute Gasteiger partial charge is 0.480 e. The van der Waals surface area contributed by atoms with Crippen LogP contribution in [0.2, 0.25) is 10.0 Å². The molecular formula is C18H15Cl2N4O7PS2. The van der Waals surface area contributed by atoms with Crippen LogP contribution in [0.25, 0.3) is 11.6 Å². The number of aromatic nitrogens is 1. The molecule has 2 saturated heterocycles. The van der Waals surface area contributed by atoms with Gasteiger partial charge in [0.2, 0.25) is 5.91 Å². The van der Waals surface area contributed by atoms with Crippen molar-refractivity contribution >= 4 is 88.6 Å². The van der Waals surface area contributed by atoms with Gasteiger partial charge in [-0.15, -0.1) is 23.1 Å². The zero-order chi connectivity index (χ0) is 24.8. The minimum absolute atomic E-state index is 0.0561. The monoisotopic (exact) mass is 564 g/mol. The van der Waals surface area contributed by atoms with Gasteiger partial charge in [-0.2, -0.15) is 0 Å². The van der Waals surface area contributed by atoms with Gasteiger partial charge in [-0.3, -0.25) is 14.7 Å². The summed E-state index contributed by atoms with van der Waals surface area (Å²) in [6.45, 7) is 0. The standard InChI is InChI=1S/C18H15Cl2N4O7PS2/c19-9-2-1-3-10(20)7(9)4-8(11-5-34-18(21-11)23-32(29,30)31)14(25)22-13-15(26)24-12(17(27)28)6-33-16(13)24/h1-5,12-13,16H,6H2,(H,22,25)(H,27,28)(H3,21,23,29,30,31)/b8-4-. The highest BCUT2D eigenvalue weighted by Crippen LogP contribution is 2.41. The summed E-state index contributed by atoms with van der Waals surface area (Å²) in [7, 11) is -4.63. The van der Waals surface area contributed by atoms with Gasteiger partial charge in [0.15, 0.2) is 5.13 Å². The fraction of sp³-hybridized carbons (Fsp3) is 0.222. The molecule has 2 aliphatic rings. The molecule has 0 bridgehead atoms. The van der Waals surface area contributed by atoms with Crippen LogP contribution in [-0.4, -0.2) is 65.8 Å². The Hall–Kier alpha value is -2.12. The molecule has 180 valence electrons. The van der Waals surface area contributed by atoms with Crippen LogP contribution in [0.15, 0.2) is 23.6 Å². The highest BCUT2D eigenvalue weighted by Gasteiger charge is 2.57. The molecule has 2 amide bonds. The fourth-order valence-electron chi connectivity index (χ4n) is 3.43. The molecular weight excluding hydrogens is 550 g/mol. The number of nitrogens with zero attached hydrogens (tertiary/aromatic N) is 2. The van der Waals surface area contributed by atoms with Gasteiger partial charge in [-0.25, -0.2) is 14.3 Å². The maximum absolute atomic E-state index is 13.2. The zero-order valence-corrected chi connectivity index (χ0v) is 20.8. The van der Waals surface area contributed by atoms with Crippen LogP contribution in [-0.2, 0) is 18.9 Å². The minimum atomic E-state index is -4.63. The lowest BCUT2D eigenvalue weighted by Crippen LogP contribution is -2.70. The van der Waals surface area contributed by atoms with Crippen LogP contribution in [0.1, 0.15) is 11.3 Å². The molecule has 0 saturated carbocycles. The lowest BCUT2D eigenvalue weighted by atomic mass is 10.0. The predicted molar refractivity (Wildman–Crippen MR) is 129 cm³/mol. The number of carbonyl (C=O) groups excluding carboxylic acids is 2. The van der Waals surface area contributed by atoms with Gasteiger partial charge in [0, 0.05) is 26.7 Å². The van der Waals surface area contributed by atoms with E-state index < -0.39 is 43.0 Å². The van der Waals surface area contributed by atoms with E-state index >= 15 is 0 Å². The average Bonchev–Trinajstić information content (AvgIpc) is 3.35. The molecule has 3 atom stereocenters. The molecule has 34 heavy (non-hydrogen) atoms. The zero-order valence-electron chi connectivity index (χ0n) is 16.7. The molecule has 0 aliphatic carbocycles. The number of hydrogen-bond acceptors (Lipinski definition) is 7. The number of carbonyl (C=O) groups is 3. The Bertz CT molecular complexity index is 1250. The van der Waals surface area contributed by atoms with Crippen molar-refractivity contribution in [1.29, 1.82) is 0 Å². The minimum Gasteiger partial charge on any atom is -0.480 e. The number of aliphatic carboxylic acids is 1. The topological polar surface area (TPSA) is 169 Å². The SMILES string of the molecule is O=C(NC1C(=O)N2C(C(=O)O)CSC12)/C(=C\c1c(Cl)cccc1Cl)c1csc(NP(=O)(O)O)n1. The van der Waals surface area contributed by atoms with Gasteiger partial charge in [0.1, 0.15) is 17.5 Å². The summed E-state index contributed by atoms with van der Waals surface area (Å²) in [4.78, 5) is 60.7. The number of nitrogens with one attached hydrogen (secondary N) is 2. The molecule has 3 heterocycles. The fourth-order valence-corrected chi connectivity index (χ4v) is 6.83.